The molecule has 1 amide bonds. The molecule has 0 radical (unpaired) electrons. The van der Waals surface area contributed by atoms with Gasteiger partial charge in [-0.2, -0.15) is 0 Å². The van der Waals surface area contributed by atoms with Crippen LogP contribution in [0.1, 0.15) is 22.7 Å². The van der Waals surface area contributed by atoms with E-state index in [2.05, 4.69) is 0 Å². The van der Waals surface area contributed by atoms with Crippen LogP contribution in [0.4, 0.5) is 5.69 Å². The molecule has 7 heteroatoms. The maximum Gasteiger partial charge on any atom is 0.300 e. The van der Waals surface area contributed by atoms with E-state index in [0.717, 1.165) is 5.56 Å². The molecular weight excluding hydrogens is 449 g/mol. The zero-order chi connectivity index (χ0) is 23.0. The summed E-state index contributed by atoms with van der Waals surface area (Å²) in [7, 11) is 1.49. The molecule has 1 aliphatic heterocycles. The third-order valence-electron chi connectivity index (χ3n) is 5.46. The number of methoxy groups -OCH3 is 1. The molecule has 4 rings (SSSR count). The van der Waals surface area contributed by atoms with Gasteiger partial charge < -0.3 is 9.84 Å². The third kappa shape index (κ3) is 3.74. The van der Waals surface area contributed by atoms with Crippen molar-refractivity contribution in [3.63, 3.8) is 0 Å². The fraction of sp³-hybridized carbons (Fsp3) is 0.120. The number of nitrogens with zero attached hydrogens (tertiary/aromatic N) is 1. The number of hydrogen-bond donors (Lipinski definition) is 1. The fourth-order valence-corrected chi connectivity index (χ4v) is 4.23. The first-order chi connectivity index (χ1) is 15.3. The average molecular weight is 468 g/mol. The average Bonchev–Trinajstić information content (AvgIpc) is 3.04. The summed E-state index contributed by atoms with van der Waals surface area (Å²) in [5.74, 6) is -1.36. The predicted octanol–water partition coefficient (Wildman–Crippen LogP) is 5.94. The molecule has 162 valence electrons. The van der Waals surface area contributed by atoms with Gasteiger partial charge in [-0.25, -0.2) is 0 Å². The second-order valence-electron chi connectivity index (χ2n) is 7.35. The van der Waals surface area contributed by atoms with Gasteiger partial charge in [0.2, 0.25) is 0 Å². The summed E-state index contributed by atoms with van der Waals surface area (Å²) in [5.41, 5.74) is 2.39. The molecule has 1 N–H and O–H groups in total. The molecule has 32 heavy (non-hydrogen) atoms. The molecule has 1 heterocycles. The van der Waals surface area contributed by atoms with Crippen LogP contribution in [-0.2, 0) is 9.59 Å². The smallest absolute Gasteiger partial charge is 0.300 e. The highest BCUT2D eigenvalue weighted by Gasteiger charge is 2.47. The Labute approximate surface area is 195 Å². The van der Waals surface area contributed by atoms with Crippen molar-refractivity contribution in [3.8, 4) is 5.75 Å². The molecular formula is C25H19Cl2NO4. The minimum Gasteiger partial charge on any atom is -0.507 e. The highest BCUT2D eigenvalue weighted by atomic mass is 35.5. The number of amides is 1. The summed E-state index contributed by atoms with van der Waals surface area (Å²) in [6, 6.07) is 17.9. The van der Waals surface area contributed by atoms with E-state index in [9.17, 15) is 14.7 Å². The molecule has 1 aliphatic rings. The zero-order valence-corrected chi connectivity index (χ0v) is 18.8. The second kappa shape index (κ2) is 8.69. The molecule has 5 nitrogen and oxygen atoms in total. The van der Waals surface area contributed by atoms with E-state index in [1.807, 2.05) is 31.2 Å². The number of rotatable bonds is 4. The Kier molecular flexibility index (Phi) is 5.96. The van der Waals surface area contributed by atoms with Gasteiger partial charge in [0.15, 0.2) is 0 Å². The topological polar surface area (TPSA) is 66.8 Å². The summed E-state index contributed by atoms with van der Waals surface area (Å²) in [6.45, 7) is 1.89. The highest BCUT2D eigenvalue weighted by molar-refractivity contribution is 6.52. The summed E-state index contributed by atoms with van der Waals surface area (Å²) < 4.78 is 5.21. The molecule has 1 atom stereocenters. The SMILES string of the molecule is COc1ccc(N2C(=O)C(=O)/C(=C(/O)c3ccc(Cl)cc3)C2c2ccccc2C)cc1Cl. The Morgan fingerprint density at radius 1 is 1.00 bits per heavy atom. The largest absolute Gasteiger partial charge is 0.507 e. The van der Waals surface area contributed by atoms with Crippen molar-refractivity contribution >= 4 is 46.3 Å². The molecule has 0 aliphatic carbocycles. The number of benzene rings is 3. The van der Waals surface area contributed by atoms with Crippen LogP contribution in [0.3, 0.4) is 0 Å². The van der Waals surface area contributed by atoms with E-state index in [1.165, 1.54) is 12.0 Å². The first kappa shape index (κ1) is 21.9. The molecule has 1 fully saturated rings. The number of aliphatic hydroxyl groups is 1. The van der Waals surface area contributed by atoms with Gasteiger partial charge in [0, 0.05) is 16.3 Å². The van der Waals surface area contributed by atoms with E-state index in [4.69, 9.17) is 27.9 Å². The van der Waals surface area contributed by atoms with Gasteiger partial charge >= 0.3 is 0 Å². The van der Waals surface area contributed by atoms with E-state index in [-0.39, 0.29) is 11.3 Å². The number of Topliss-reactive ketones (excluding diaryl/α,β-unsaturated/α-hetero) is 1. The van der Waals surface area contributed by atoms with Crippen molar-refractivity contribution < 1.29 is 19.4 Å². The Hall–Kier alpha value is -3.28. The Morgan fingerprint density at radius 2 is 1.69 bits per heavy atom. The number of aliphatic hydroxyl groups excluding tert-OH is 1. The minimum absolute atomic E-state index is 0.00133. The molecule has 1 saturated heterocycles. The quantitative estimate of drug-likeness (QED) is 0.293. The van der Waals surface area contributed by atoms with Crippen molar-refractivity contribution in [3.05, 3.63) is 99.0 Å². The lowest BCUT2D eigenvalue weighted by atomic mass is 9.92. The van der Waals surface area contributed by atoms with Gasteiger partial charge in [0.25, 0.3) is 11.7 Å². The monoisotopic (exact) mass is 467 g/mol. The second-order valence-corrected chi connectivity index (χ2v) is 8.20. The summed E-state index contributed by atoms with van der Waals surface area (Å²) in [5, 5.41) is 11.9. The van der Waals surface area contributed by atoms with Gasteiger partial charge in [0.05, 0.1) is 23.7 Å². The van der Waals surface area contributed by atoms with Crippen molar-refractivity contribution in [1.29, 1.82) is 0 Å². The van der Waals surface area contributed by atoms with E-state index >= 15 is 0 Å². The normalized spacial score (nSPS) is 17.6. The number of ether oxygens (including phenoxy) is 1. The molecule has 1 unspecified atom stereocenters. The predicted molar refractivity (Wildman–Crippen MR) is 125 cm³/mol. The van der Waals surface area contributed by atoms with Crippen molar-refractivity contribution in [2.24, 2.45) is 0 Å². The minimum atomic E-state index is -0.837. The van der Waals surface area contributed by atoms with Crippen LogP contribution < -0.4 is 9.64 Å². The molecule has 3 aromatic rings. The zero-order valence-electron chi connectivity index (χ0n) is 17.3. The number of carbonyl (C=O) groups excluding carboxylic acids is 2. The van der Waals surface area contributed by atoms with E-state index in [1.54, 1.807) is 42.5 Å². The lowest BCUT2D eigenvalue weighted by Crippen LogP contribution is -2.29. The first-order valence-corrected chi connectivity index (χ1v) is 10.5. The van der Waals surface area contributed by atoms with Crippen LogP contribution in [0.2, 0.25) is 10.0 Å². The number of halogens is 2. The Morgan fingerprint density at radius 3 is 2.31 bits per heavy atom. The van der Waals surface area contributed by atoms with Crippen LogP contribution in [-0.4, -0.2) is 23.9 Å². The van der Waals surface area contributed by atoms with E-state index in [0.29, 0.717) is 32.6 Å². The van der Waals surface area contributed by atoms with Gasteiger partial charge in [0.1, 0.15) is 11.5 Å². The van der Waals surface area contributed by atoms with Crippen molar-refractivity contribution in [1.82, 2.24) is 0 Å². The van der Waals surface area contributed by atoms with Crippen LogP contribution in [0.15, 0.2) is 72.3 Å². The van der Waals surface area contributed by atoms with Crippen LogP contribution in [0, 0.1) is 6.92 Å². The fourth-order valence-electron chi connectivity index (χ4n) is 3.86. The van der Waals surface area contributed by atoms with Gasteiger partial charge in [-0.1, -0.05) is 47.5 Å². The molecule has 3 aromatic carbocycles. The number of hydrogen-bond acceptors (Lipinski definition) is 4. The Balaban J connectivity index is 1.96. The maximum absolute atomic E-state index is 13.2. The van der Waals surface area contributed by atoms with Crippen LogP contribution in [0.25, 0.3) is 5.76 Å². The number of aryl methyl sites for hydroxylation is 1. The van der Waals surface area contributed by atoms with Crippen molar-refractivity contribution in [2.75, 3.05) is 12.0 Å². The number of carbonyl (C=O) groups is 2. The highest BCUT2D eigenvalue weighted by Crippen LogP contribution is 2.44. The van der Waals surface area contributed by atoms with Gasteiger partial charge in [-0.15, -0.1) is 0 Å². The van der Waals surface area contributed by atoms with Crippen LogP contribution in [0.5, 0.6) is 5.75 Å². The molecule has 0 bridgehead atoms. The first-order valence-electron chi connectivity index (χ1n) is 9.79. The number of ketones is 1. The van der Waals surface area contributed by atoms with Crippen molar-refractivity contribution in [2.45, 2.75) is 13.0 Å². The van der Waals surface area contributed by atoms with Gasteiger partial charge in [-0.3, -0.25) is 14.5 Å². The molecule has 0 aromatic heterocycles. The lowest BCUT2D eigenvalue weighted by Gasteiger charge is -2.27. The summed E-state index contributed by atoms with van der Waals surface area (Å²) >= 11 is 12.3. The van der Waals surface area contributed by atoms with Gasteiger partial charge in [-0.05, 0) is 60.5 Å². The third-order valence-corrected chi connectivity index (χ3v) is 6.01. The maximum atomic E-state index is 13.2. The van der Waals surface area contributed by atoms with E-state index < -0.39 is 17.7 Å². The Bertz CT molecular complexity index is 1250. The standard InChI is InChI=1S/C25H19Cl2NO4/c1-14-5-3-4-6-18(14)22-21(23(29)15-7-9-16(26)10-8-15)24(30)25(31)28(22)17-11-12-20(32-2)19(27)13-17/h3-13,22,29H,1-2H3/b23-21+. The molecule has 0 spiro atoms. The lowest BCUT2D eigenvalue weighted by molar-refractivity contribution is -0.132. The summed E-state index contributed by atoms with van der Waals surface area (Å²) in [4.78, 5) is 27.7. The number of anilines is 1. The molecule has 0 saturated carbocycles. The summed E-state index contributed by atoms with van der Waals surface area (Å²) in [6.07, 6.45) is 0. The van der Waals surface area contributed by atoms with Crippen LogP contribution >= 0.6 is 23.2 Å².